The molecule has 84 valence electrons. The highest BCUT2D eigenvalue weighted by Gasteiger charge is 2.20. The Kier molecular flexibility index (Phi) is 2.70. The third kappa shape index (κ3) is 1.69. The second kappa shape index (κ2) is 4.02. The molecule has 0 aliphatic heterocycles. The molecule has 3 nitrogen and oxygen atoms in total. The lowest BCUT2D eigenvalue weighted by molar-refractivity contribution is 0.533. The molecule has 1 aromatic heterocycles. The van der Waals surface area contributed by atoms with Crippen molar-refractivity contribution in [3.8, 4) is 0 Å². The van der Waals surface area contributed by atoms with Crippen LogP contribution in [-0.4, -0.2) is 9.55 Å². The van der Waals surface area contributed by atoms with E-state index in [4.69, 9.17) is 5.73 Å². The highest BCUT2D eigenvalue weighted by Crippen LogP contribution is 2.23. The van der Waals surface area contributed by atoms with Crippen molar-refractivity contribution in [3.63, 3.8) is 0 Å². The van der Waals surface area contributed by atoms with Gasteiger partial charge in [0.05, 0.1) is 6.04 Å². The van der Waals surface area contributed by atoms with Gasteiger partial charge >= 0.3 is 0 Å². The second-order valence-electron chi connectivity index (χ2n) is 3.51. The van der Waals surface area contributed by atoms with Crippen molar-refractivity contribution < 1.29 is 8.78 Å². The fourth-order valence-corrected chi connectivity index (χ4v) is 1.61. The predicted molar refractivity (Wildman–Crippen MR) is 55.6 cm³/mol. The highest BCUT2D eigenvalue weighted by molar-refractivity contribution is 5.27. The van der Waals surface area contributed by atoms with Gasteiger partial charge in [-0.15, -0.1) is 0 Å². The van der Waals surface area contributed by atoms with E-state index in [0.717, 1.165) is 0 Å². The first-order chi connectivity index (χ1) is 7.61. The Labute approximate surface area is 91.5 Å². The molecule has 0 radical (unpaired) electrons. The third-order valence-corrected chi connectivity index (χ3v) is 2.45. The van der Waals surface area contributed by atoms with Crippen LogP contribution in [0.1, 0.15) is 17.4 Å². The van der Waals surface area contributed by atoms with Gasteiger partial charge in [0.1, 0.15) is 17.5 Å². The molecular formula is C11H11F2N3. The number of nitrogens with two attached hydrogens (primary N) is 1. The Morgan fingerprint density at radius 3 is 2.44 bits per heavy atom. The summed E-state index contributed by atoms with van der Waals surface area (Å²) < 4.78 is 28.6. The molecule has 0 amide bonds. The van der Waals surface area contributed by atoms with Crippen LogP contribution in [0, 0.1) is 11.6 Å². The van der Waals surface area contributed by atoms with Crippen molar-refractivity contribution in [2.24, 2.45) is 12.8 Å². The zero-order valence-corrected chi connectivity index (χ0v) is 8.69. The standard InChI is InChI=1S/C11H11F2N3/c1-16-6-5-15-11(16)10(14)9-7(12)3-2-4-8(9)13/h2-6,10H,14H2,1H3. The van der Waals surface area contributed by atoms with Gasteiger partial charge in [0.2, 0.25) is 0 Å². The van der Waals surface area contributed by atoms with Gasteiger partial charge in [-0.05, 0) is 12.1 Å². The van der Waals surface area contributed by atoms with Gasteiger partial charge in [0.15, 0.2) is 0 Å². The van der Waals surface area contributed by atoms with Crippen molar-refractivity contribution in [1.29, 1.82) is 0 Å². The van der Waals surface area contributed by atoms with Gasteiger partial charge in [-0.1, -0.05) is 6.07 Å². The first-order valence-electron chi connectivity index (χ1n) is 4.78. The molecule has 2 aromatic rings. The van der Waals surface area contributed by atoms with Crippen LogP contribution in [0.2, 0.25) is 0 Å². The average molecular weight is 223 g/mol. The van der Waals surface area contributed by atoms with Gasteiger partial charge in [-0.2, -0.15) is 0 Å². The molecule has 0 saturated heterocycles. The summed E-state index contributed by atoms with van der Waals surface area (Å²) in [5, 5.41) is 0. The number of nitrogens with zero attached hydrogens (tertiary/aromatic N) is 2. The Morgan fingerprint density at radius 1 is 1.31 bits per heavy atom. The van der Waals surface area contributed by atoms with Crippen molar-refractivity contribution in [2.45, 2.75) is 6.04 Å². The lowest BCUT2D eigenvalue weighted by atomic mass is 10.1. The predicted octanol–water partition coefficient (Wildman–Crippen LogP) is 1.75. The minimum absolute atomic E-state index is 0.156. The quantitative estimate of drug-likeness (QED) is 0.842. The molecule has 2 rings (SSSR count). The van der Waals surface area contributed by atoms with E-state index in [-0.39, 0.29) is 5.56 Å². The minimum Gasteiger partial charge on any atom is -0.336 e. The van der Waals surface area contributed by atoms with Crippen LogP contribution >= 0.6 is 0 Å². The maximum Gasteiger partial charge on any atom is 0.131 e. The van der Waals surface area contributed by atoms with E-state index in [1.165, 1.54) is 24.4 Å². The topological polar surface area (TPSA) is 43.8 Å². The van der Waals surface area contributed by atoms with E-state index in [1.807, 2.05) is 0 Å². The summed E-state index contributed by atoms with van der Waals surface area (Å²) in [6.45, 7) is 0. The van der Waals surface area contributed by atoms with Crippen molar-refractivity contribution in [2.75, 3.05) is 0 Å². The normalized spacial score (nSPS) is 12.8. The van der Waals surface area contributed by atoms with Crippen molar-refractivity contribution in [1.82, 2.24) is 9.55 Å². The summed E-state index contributed by atoms with van der Waals surface area (Å²) >= 11 is 0. The number of imidazole rings is 1. The lowest BCUT2D eigenvalue weighted by Gasteiger charge is -2.13. The molecule has 0 saturated carbocycles. The molecule has 1 heterocycles. The third-order valence-electron chi connectivity index (χ3n) is 2.45. The SMILES string of the molecule is Cn1ccnc1C(N)c1c(F)cccc1F. The zero-order valence-electron chi connectivity index (χ0n) is 8.69. The van der Waals surface area contributed by atoms with E-state index < -0.39 is 17.7 Å². The van der Waals surface area contributed by atoms with Gasteiger partial charge in [-0.25, -0.2) is 13.8 Å². The second-order valence-corrected chi connectivity index (χ2v) is 3.51. The highest BCUT2D eigenvalue weighted by atomic mass is 19.1. The molecular weight excluding hydrogens is 212 g/mol. The summed E-state index contributed by atoms with van der Waals surface area (Å²) in [7, 11) is 1.72. The number of hydrogen-bond donors (Lipinski definition) is 1. The molecule has 1 aromatic carbocycles. The lowest BCUT2D eigenvalue weighted by Crippen LogP contribution is -2.19. The molecule has 0 fully saturated rings. The van der Waals surface area contributed by atoms with Crippen LogP contribution in [0.5, 0.6) is 0 Å². The van der Waals surface area contributed by atoms with E-state index in [9.17, 15) is 8.78 Å². The van der Waals surface area contributed by atoms with Crippen LogP contribution in [-0.2, 0) is 7.05 Å². The minimum atomic E-state index is -0.902. The Balaban J connectivity index is 2.49. The first kappa shape index (κ1) is 10.8. The van der Waals surface area contributed by atoms with Crippen molar-refractivity contribution in [3.05, 3.63) is 53.6 Å². The molecule has 16 heavy (non-hydrogen) atoms. The molecule has 1 atom stereocenters. The number of halogens is 2. The van der Waals surface area contributed by atoms with Crippen LogP contribution in [0.25, 0.3) is 0 Å². The van der Waals surface area contributed by atoms with Gasteiger partial charge < -0.3 is 10.3 Å². The monoisotopic (exact) mass is 223 g/mol. The fraction of sp³-hybridized carbons (Fsp3) is 0.182. The number of rotatable bonds is 2. The van der Waals surface area contributed by atoms with E-state index in [1.54, 1.807) is 17.8 Å². The summed E-state index contributed by atoms with van der Waals surface area (Å²) in [4.78, 5) is 3.98. The largest absolute Gasteiger partial charge is 0.336 e. The Bertz CT molecular complexity index is 487. The smallest absolute Gasteiger partial charge is 0.131 e. The molecule has 0 bridgehead atoms. The van der Waals surface area contributed by atoms with E-state index in [0.29, 0.717) is 5.82 Å². The van der Waals surface area contributed by atoms with Gasteiger partial charge in [-0.3, -0.25) is 0 Å². The Morgan fingerprint density at radius 2 is 1.94 bits per heavy atom. The molecule has 5 heteroatoms. The summed E-state index contributed by atoms with van der Waals surface area (Å²) in [5.74, 6) is -0.894. The summed E-state index contributed by atoms with van der Waals surface area (Å²) in [6.07, 6.45) is 3.21. The zero-order chi connectivity index (χ0) is 11.7. The maximum absolute atomic E-state index is 13.5. The molecule has 0 aliphatic carbocycles. The van der Waals surface area contributed by atoms with E-state index >= 15 is 0 Å². The van der Waals surface area contributed by atoms with Gasteiger partial charge in [0.25, 0.3) is 0 Å². The molecule has 2 N–H and O–H groups in total. The molecule has 0 aliphatic rings. The van der Waals surface area contributed by atoms with Crippen LogP contribution in [0.4, 0.5) is 8.78 Å². The molecule has 1 unspecified atom stereocenters. The Hall–Kier alpha value is -1.75. The number of aryl methyl sites for hydroxylation is 1. The van der Waals surface area contributed by atoms with Gasteiger partial charge in [0, 0.05) is 25.0 Å². The summed E-state index contributed by atoms with van der Waals surface area (Å²) in [5.41, 5.74) is 5.64. The first-order valence-corrected chi connectivity index (χ1v) is 4.78. The van der Waals surface area contributed by atoms with Crippen LogP contribution in [0.15, 0.2) is 30.6 Å². The number of benzene rings is 1. The molecule has 0 spiro atoms. The van der Waals surface area contributed by atoms with Crippen molar-refractivity contribution >= 4 is 0 Å². The summed E-state index contributed by atoms with van der Waals surface area (Å²) in [6, 6.07) is 2.77. The number of hydrogen-bond acceptors (Lipinski definition) is 2. The van der Waals surface area contributed by atoms with Crippen LogP contribution in [0.3, 0.4) is 0 Å². The number of aromatic nitrogens is 2. The average Bonchev–Trinajstić information content (AvgIpc) is 2.64. The van der Waals surface area contributed by atoms with Crippen LogP contribution < -0.4 is 5.73 Å². The maximum atomic E-state index is 13.5. The van der Waals surface area contributed by atoms with E-state index in [2.05, 4.69) is 4.98 Å². The fourth-order valence-electron chi connectivity index (χ4n) is 1.61.